The Hall–Kier alpha value is -1.62. The Kier molecular flexibility index (Phi) is 4.44. The van der Waals surface area contributed by atoms with Gasteiger partial charge in [-0.1, -0.05) is 12.1 Å². The fourth-order valence-electron chi connectivity index (χ4n) is 4.08. The fourth-order valence-corrected chi connectivity index (χ4v) is 4.08. The van der Waals surface area contributed by atoms with Gasteiger partial charge in [0.2, 0.25) is 5.91 Å². The van der Waals surface area contributed by atoms with Crippen molar-refractivity contribution in [2.45, 2.75) is 31.7 Å². The second-order valence-corrected chi connectivity index (χ2v) is 7.33. The maximum absolute atomic E-state index is 13.9. The number of amides is 1. The normalized spacial score (nSPS) is 25.8. The molecule has 1 atom stereocenters. The summed E-state index contributed by atoms with van der Waals surface area (Å²) in [7, 11) is 0. The van der Waals surface area contributed by atoms with Gasteiger partial charge in [0.25, 0.3) is 0 Å². The van der Waals surface area contributed by atoms with E-state index >= 15 is 0 Å². The summed E-state index contributed by atoms with van der Waals surface area (Å²) in [6.45, 7) is 5.42. The van der Waals surface area contributed by atoms with Crippen molar-refractivity contribution in [3.05, 3.63) is 30.1 Å². The van der Waals surface area contributed by atoms with Crippen molar-refractivity contribution in [2.24, 2.45) is 5.92 Å². The first-order valence-corrected chi connectivity index (χ1v) is 9.24. The van der Waals surface area contributed by atoms with Crippen LogP contribution in [0.5, 0.6) is 0 Å². The third-order valence-corrected chi connectivity index (χ3v) is 5.66. The van der Waals surface area contributed by atoms with Gasteiger partial charge in [0, 0.05) is 51.2 Å². The Morgan fingerprint density at radius 2 is 1.75 bits per heavy atom. The maximum atomic E-state index is 13.9. The highest BCUT2D eigenvalue weighted by Crippen LogP contribution is 2.32. The molecule has 4 nitrogen and oxygen atoms in total. The third-order valence-electron chi connectivity index (χ3n) is 5.66. The summed E-state index contributed by atoms with van der Waals surface area (Å²) in [6.07, 6.45) is 4.45. The zero-order chi connectivity index (χ0) is 16.5. The van der Waals surface area contributed by atoms with Crippen LogP contribution in [0.2, 0.25) is 0 Å². The first kappa shape index (κ1) is 15.9. The molecule has 3 fully saturated rings. The molecule has 3 aliphatic rings. The number of hydrogen-bond donors (Lipinski definition) is 0. The SMILES string of the molecule is O=C(C1CC1)N1CCC[C@@H](N2CCN(c3ccccc3F)CC2)C1. The Labute approximate surface area is 143 Å². The Morgan fingerprint density at radius 1 is 1.00 bits per heavy atom. The van der Waals surface area contributed by atoms with Crippen molar-refractivity contribution >= 4 is 11.6 Å². The molecule has 1 aromatic carbocycles. The fraction of sp³-hybridized carbons (Fsp3) is 0.632. The second kappa shape index (κ2) is 6.71. The zero-order valence-electron chi connectivity index (χ0n) is 14.2. The molecule has 1 amide bonds. The van der Waals surface area contributed by atoms with Gasteiger partial charge in [0.15, 0.2) is 0 Å². The summed E-state index contributed by atoms with van der Waals surface area (Å²) in [5.74, 6) is 0.566. The van der Waals surface area contributed by atoms with E-state index in [4.69, 9.17) is 0 Å². The van der Waals surface area contributed by atoms with Crippen molar-refractivity contribution in [3.8, 4) is 0 Å². The minimum absolute atomic E-state index is 0.134. The molecule has 0 radical (unpaired) electrons. The average Bonchev–Trinajstić information content (AvgIpc) is 3.47. The highest BCUT2D eigenvalue weighted by molar-refractivity contribution is 5.81. The van der Waals surface area contributed by atoms with E-state index in [2.05, 4.69) is 14.7 Å². The topological polar surface area (TPSA) is 26.8 Å². The molecule has 5 heteroatoms. The van der Waals surface area contributed by atoms with Gasteiger partial charge in [-0.3, -0.25) is 9.69 Å². The van der Waals surface area contributed by atoms with E-state index in [0.717, 1.165) is 58.5 Å². The number of halogens is 1. The maximum Gasteiger partial charge on any atom is 0.225 e. The van der Waals surface area contributed by atoms with E-state index in [1.165, 1.54) is 12.5 Å². The van der Waals surface area contributed by atoms with Crippen molar-refractivity contribution in [2.75, 3.05) is 44.2 Å². The van der Waals surface area contributed by atoms with Gasteiger partial charge in [-0.25, -0.2) is 4.39 Å². The van der Waals surface area contributed by atoms with E-state index < -0.39 is 0 Å². The van der Waals surface area contributed by atoms with Crippen LogP contribution in [0.4, 0.5) is 10.1 Å². The van der Waals surface area contributed by atoms with Crippen molar-refractivity contribution < 1.29 is 9.18 Å². The number of hydrogen-bond acceptors (Lipinski definition) is 3. The van der Waals surface area contributed by atoms with Crippen molar-refractivity contribution in [1.82, 2.24) is 9.80 Å². The molecule has 0 N–H and O–H groups in total. The minimum Gasteiger partial charge on any atom is -0.367 e. The molecular weight excluding hydrogens is 305 g/mol. The summed E-state index contributed by atoms with van der Waals surface area (Å²) >= 11 is 0. The molecule has 2 saturated heterocycles. The molecule has 0 spiro atoms. The molecule has 1 aromatic rings. The van der Waals surface area contributed by atoms with E-state index in [-0.39, 0.29) is 5.82 Å². The molecule has 1 saturated carbocycles. The number of para-hydroxylation sites is 1. The predicted molar refractivity (Wildman–Crippen MR) is 92.5 cm³/mol. The van der Waals surface area contributed by atoms with Crippen LogP contribution in [0.25, 0.3) is 0 Å². The number of piperazine rings is 1. The largest absolute Gasteiger partial charge is 0.367 e. The van der Waals surface area contributed by atoms with Crippen LogP contribution < -0.4 is 4.90 Å². The highest BCUT2D eigenvalue weighted by atomic mass is 19.1. The summed E-state index contributed by atoms with van der Waals surface area (Å²) in [4.78, 5) is 19.1. The highest BCUT2D eigenvalue weighted by Gasteiger charge is 2.36. The quantitative estimate of drug-likeness (QED) is 0.851. The Morgan fingerprint density at radius 3 is 2.46 bits per heavy atom. The van der Waals surface area contributed by atoms with Gasteiger partial charge in [-0.15, -0.1) is 0 Å². The zero-order valence-corrected chi connectivity index (χ0v) is 14.2. The second-order valence-electron chi connectivity index (χ2n) is 7.33. The molecule has 2 aliphatic heterocycles. The Balaban J connectivity index is 1.33. The molecule has 1 aliphatic carbocycles. The lowest BCUT2D eigenvalue weighted by atomic mass is 10.0. The van der Waals surface area contributed by atoms with Crippen molar-refractivity contribution in [1.29, 1.82) is 0 Å². The Bertz CT molecular complexity index is 596. The molecule has 24 heavy (non-hydrogen) atoms. The standard InChI is InChI=1S/C19H26FN3O/c20-17-5-1-2-6-18(17)22-12-10-21(11-13-22)16-4-3-9-23(14-16)19(24)15-7-8-15/h1-2,5-6,15-16H,3-4,7-14H2/t16-/m1/s1. The molecule has 0 bridgehead atoms. The van der Waals surface area contributed by atoms with Crippen LogP contribution in [-0.4, -0.2) is 61.0 Å². The molecule has 130 valence electrons. The molecule has 0 unspecified atom stereocenters. The third kappa shape index (κ3) is 3.27. The average molecular weight is 331 g/mol. The van der Waals surface area contributed by atoms with Crippen molar-refractivity contribution in [3.63, 3.8) is 0 Å². The minimum atomic E-state index is -0.134. The first-order chi connectivity index (χ1) is 11.7. The van der Waals surface area contributed by atoms with Crippen LogP contribution in [0.15, 0.2) is 24.3 Å². The monoisotopic (exact) mass is 331 g/mol. The lowest BCUT2D eigenvalue weighted by Gasteiger charge is -2.44. The van der Waals surface area contributed by atoms with Crippen LogP contribution in [0.1, 0.15) is 25.7 Å². The molecule has 0 aromatic heterocycles. The first-order valence-electron chi connectivity index (χ1n) is 9.24. The predicted octanol–water partition coefficient (Wildman–Crippen LogP) is 2.35. The van der Waals surface area contributed by atoms with Gasteiger partial charge >= 0.3 is 0 Å². The molecule has 2 heterocycles. The van der Waals surface area contributed by atoms with Gasteiger partial charge in [-0.05, 0) is 37.8 Å². The summed E-state index contributed by atoms with van der Waals surface area (Å²) in [5, 5.41) is 0. The smallest absolute Gasteiger partial charge is 0.225 e. The van der Waals surface area contributed by atoms with Gasteiger partial charge < -0.3 is 9.80 Å². The molecular formula is C19H26FN3O. The van der Waals surface area contributed by atoms with Crippen LogP contribution in [0, 0.1) is 11.7 Å². The van der Waals surface area contributed by atoms with Crippen LogP contribution in [-0.2, 0) is 4.79 Å². The van der Waals surface area contributed by atoms with Gasteiger partial charge in [-0.2, -0.15) is 0 Å². The van der Waals surface area contributed by atoms with Crippen LogP contribution >= 0.6 is 0 Å². The number of carbonyl (C=O) groups excluding carboxylic acids is 1. The number of benzene rings is 1. The number of carbonyl (C=O) groups is 1. The van der Waals surface area contributed by atoms with Gasteiger partial charge in [0.1, 0.15) is 5.82 Å². The number of piperidine rings is 1. The lowest BCUT2D eigenvalue weighted by Crippen LogP contribution is -2.56. The van der Waals surface area contributed by atoms with E-state index in [1.54, 1.807) is 6.07 Å². The number of nitrogens with zero attached hydrogens (tertiary/aromatic N) is 3. The van der Waals surface area contributed by atoms with Crippen LogP contribution in [0.3, 0.4) is 0 Å². The molecule has 4 rings (SSSR count). The van der Waals surface area contributed by atoms with E-state index in [9.17, 15) is 9.18 Å². The van der Waals surface area contributed by atoms with E-state index in [0.29, 0.717) is 23.6 Å². The summed E-state index contributed by atoms with van der Waals surface area (Å²) < 4.78 is 13.9. The van der Waals surface area contributed by atoms with E-state index in [1.807, 2.05) is 12.1 Å². The number of likely N-dealkylation sites (tertiary alicyclic amines) is 1. The number of rotatable bonds is 3. The lowest BCUT2D eigenvalue weighted by molar-refractivity contribution is -0.134. The summed E-state index contributed by atoms with van der Waals surface area (Å²) in [6, 6.07) is 7.51. The number of anilines is 1. The van der Waals surface area contributed by atoms with Gasteiger partial charge in [0.05, 0.1) is 5.69 Å². The summed E-state index contributed by atoms with van der Waals surface area (Å²) in [5.41, 5.74) is 0.714.